The number of methoxy groups -OCH3 is 1. The molecule has 4 nitrogen and oxygen atoms in total. The van der Waals surface area contributed by atoms with Crippen LogP contribution >= 0.6 is 23.5 Å². The molecule has 1 amide bonds. The van der Waals surface area contributed by atoms with E-state index < -0.39 is 0 Å². The molecule has 0 spiro atoms. The van der Waals surface area contributed by atoms with Crippen LogP contribution in [0.1, 0.15) is 13.3 Å². The highest BCUT2D eigenvalue weighted by Crippen LogP contribution is 2.29. The fraction of sp³-hybridized carbons (Fsp3) is 0.429. The molecule has 1 atom stereocenters. The highest BCUT2D eigenvalue weighted by Gasteiger charge is 2.22. The van der Waals surface area contributed by atoms with Crippen molar-refractivity contribution in [1.29, 1.82) is 0 Å². The van der Waals surface area contributed by atoms with Crippen molar-refractivity contribution >= 4 is 39.5 Å². The lowest BCUT2D eigenvalue weighted by Gasteiger charge is -2.15. The number of aliphatic imine (C=N–C) groups is 1. The molecule has 0 radical (unpaired) electrons. The summed E-state index contributed by atoms with van der Waals surface area (Å²) in [7, 11) is 1.60. The van der Waals surface area contributed by atoms with Crippen molar-refractivity contribution in [2.45, 2.75) is 18.6 Å². The van der Waals surface area contributed by atoms with Crippen LogP contribution < -0.4 is 10.1 Å². The van der Waals surface area contributed by atoms with E-state index in [0.717, 1.165) is 23.1 Å². The van der Waals surface area contributed by atoms with Crippen molar-refractivity contribution in [3.8, 4) is 5.75 Å². The molecule has 0 unspecified atom stereocenters. The summed E-state index contributed by atoms with van der Waals surface area (Å²) in [6.45, 7) is 2.87. The second-order valence-corrected chi connectivity index (χ2v) is 6.73. The summed E-state index contributed by atoms with van der Waals surface area (Å²) in [6.07, 6.45) is 0.769. The molecule has 1 aliphatic heterocycles. The van der Waals surface area contributed by atoms with Crippen LogP contribution in [0, 0.1) is 0 Å². The predicted molar refractivity (Wildman–Crippen MR) is 88.1 cm³/mol. The first-order chi connectivity index (χ1) is 9.74. The van der Waals surface area contributed by atoms with Crippen molar-refractivity contribution in [3.05, 3.63) is 24.3 Å². The molecule has 1 aromatic rings. The number of rotatable bonds is 5. The Balaban J connectivity index is 2.01. The van der Waals surface area contributed by atoms with Crippen LogP contribution in [-0.4, -0.2) is 34.9 Å². The first kappa shape index (κ1) is 15.3. The molecular weight excluding hydrogens is 292 g/mol. The lowest BCUT2D eigenvalue weighted by atomic mass is 10.2. The number of carbonyl (C=O) groups is 1. The van der Waals surface area contributed by atoms with E-state index >= 15 is 0 Å². The van der Waals surface area contributed by atoms with Gasteiger partial charge in [0.15, 0.2) is 0 Å². The van der Waals surface area contributed by atoms with Crippen LogP contribution in [0.5, 0.6) is 5.75 Å². The average molecular weight is 310 g/mol. The van der Waals surface area contributed by atoms with Crippen LogP contribution in [0.25, 0.3) is 0 Å². The predicted octanol–water partition coefficient (Wildman–Crippen LogP) is 3.25. The van der Waals surface area contributed by atoms with E-state index in [1.54, 1.807) is 30.6 Å². The Labute approximate surface area is 127 Å². The van der Waals surface area contributed by atoms with Crippen LogP contribution in [0.15, 0.2) is 29.3 Å². The van der Waals surface area contributed by atoms with Gasteiger partial charge in [-0.2, -0.15) is 0 Å². The van der Waals surface area contributed by atoms with Gasteiger partial charge in [-0.1, -0.05) is 42.6 Å². The topological polar surface area (TPSA) is 50.7 Å². The average Bonchev–Trinajstić information content (AvgIpc) is 2.98. The van der Waals surface area contributed by atoms with Crippen LogP contribution in [0.3, 0.4) is 0 Å². The summed E-state index contributed by atoms with van der Waals surface area (Å²) < 4.78 is 6.26. The number of hydrogen-bond donors (Lipinski definition) is 1. The van der Waals surface area contributed by atoms with Crippen molar-refractivity contribution in [2.75, 3.05) is 24.7 Å². The molecule has 6 heteroatoms. The summed E-state index contributed by atoms with van der Waals surface area (Å²) in [5.41, 5.74) is 0.708. The fourth-order valence-electron chi connectivity index (χ4n) is 1.79. The van der Waals surface area contributed by atoms with E-state index in [2.05, 4.69) is 10.3 Å². The lowest BCUT2D eigenvalue weighted by Crippen LogP contribution is -2.25. The molecule has 0 bridgehead atoms. The van der Waals surface area contributed by atoms with Crippen LogP contribution in [-0.2, 0) is 4.79 Å². The summed E-state index contributed by atoms with van der Waals surface area (Å²) in [4.78, 5) is 16.7. The van der Waals surface area contributed by atoms with Gasteiger partial charge in [-0.15, -0.1) is 0 Å². The minimum Gasteiger partial charge on any atom is -0.495 e. The van der Waals surface area contributed by atoms with Gasteiger partial charge in [-0.3, -0.25) is 9.79 Å². The van der Waals surface area contributed by atoms with Gasteiger partial charge in [0.2, 0.25) is 5.91 Å². The second kappa shape index (κ2) is 7.59. The molecule has 1 N–H and O–H groups in total. The molecule has 0 aromatic heterocycles. The molecule has 2 rings (SSSR count). The molecule has 0 aliphatic carbocycles. The first-order valence-electron chi connectivity index (χ1n) is 6.52. The number of anilines is 1. The van der Waals surface area contributed by atoms with Crippen LogP contribution in [0.2, 0.25) is 0 Å². The SMILES string of the molecule is CC[C@H](SC1=NCCS1)C(=O)Nc1ccccc1OC. The zero-order chi connectivity index (χ0) is 14.4. The van der Waals surface area contributed by atoms with Crippen molar-refractivity contribution in [1.82, 2.24) is 0 Å². The third kappa shape index (κ3) is 3.93. The Kier molecular flexibility index (Phi) is 5.79. The Morgan fingerprint density at radius 3 is 3.00 bits per heavy atom. The largest absolute Gasteiger partial charge is 0.495 e. The number of hydrogen-bond acceptors (Lipinski definition) is 5. The summed E-state index contributed by atoms with van der Waals surface area (Å²) >= 11 is 3.28. The zero-order valence-electron chi connectivity index (χ0n) is 11.6. The van der Waals surface area contributed by atoms with E-state index in [9.17, 15) is 4.79 Å². The number of amides is 1. The molecular formula is C14H18N2O2S2. The van der Waals surface area contributed by atoms with E-state index in [0.29, 0.717) is 11.4 Å². The van der Waals surface area contributed by atoms with Gasteiger partial charge < -0.3 is 10.1 Å². The number of benzene rings is 1. The van der Waals surface area contributed by atoms with E-state index in [4.69, 9.17) is 4.74 Å². The molecule has 0 saturated heterocycles. The summed E-state index contributed by atoms with van der Waals surface area (Å²) in [5, 5.41) is 2.82. The molecule has 1 aromatic carbocycles. The van der Waals surface area contributed by atoms with Gasteiger partial charge in [-0.25, -0.2) is 0 Å². The first-order valence-corrected chi connectivity index (χ1v) is 8.39. The van der Waals surface area contributed by atoms with Crippen molar-refractivity contribution in [3.63, 3.8) is 0 Å². The molecule has 0 saturated carbocycles. The van der Waals surface area contributed by atoms with Gasteiger partial charge in [0.05, 0.1) is 24.6 Å². The normalized spacial score (nSPS) is 15.6. The van der Waals surface area contributed by atoms with Gasteiger partial charge in [-0.05, 0) is 18.6 Å². The Morgan fingerprint density at radius 2 is 2.35 bits per heavy atom. The molecule has 20 heavy (non-hydrogen) atoms. The van der Waals surface area contributed by atoms with Crippen molar-refractivity contribution in [2.24, 2.45) is 4.99 Å². The maximum absolute atomic E-state index is 12.3. The van der Waals surface area contributed by atoms with Gasteiger partial charge in [0.25, 0.3) is 0 Å². The number of para-hydroxylation sites is 2. The third-order valence-corrected chi connectivity index (χ3v) is 5.40. The molecule has 1 aliphatic rings. The Hall–Kier alpha value is -1.14. The number of carbonyl (C=O) groups excluding carboxylic acids is 1. The van der Waals surface area contributed by atoms with E-state index in [1.165, 1.54) is 0 Å². The van der Waals surface area contributed by atoms with Gasteiger partial charge in [0, 0.05) is 5.75 Å². The quantitative estimate of drug-likeness (QED) is 0.907. The maximum Gasteiger partial charge on any atom is 0.238 e. The second-order valence-electron chi connectivity index (χ2n) is 4.20. The number of nitrogens with one attached hydrogen (secondary N) is 1. The van der Waals surface area contributed by atoms with E-state index in [1.807, 2.05) is 31.2 Å². The Morgan fingerprint density at radius 1 is 1.55 bits per heavy atom. The van der Waals surface area contributed by atoms with Gasteiger partial charge in [0.1, 0.15) is 10.1 Å². The number of ether oxygens (including phenoxy) is 1. The standard InChI is InChI=1S/C14H18N2O2S2/c1-3-12(20-14-15-8-9-19-14)13(17)16-10-6-4-5-7-11(10)18-2/h4-7,12H,3,8-9H2,1-2H3,(H,16,17)/t12-/m0/s1. The fourth-order valence-corrected chi connectivity index (χ4v) is 3.94. The Bertz CT molecular complexity index is 506. The minimum absolute atomic E-state index is 0.00259. The number of nitrogens with zero attached hydrogens (tertiary/aromatic N) is 1. The minimum atomic E-state index is -0.121. The monoisotopic (exact) mass is 310 g/mol. The zero-order valence-corrected chi connectivity index (χ0v) is 13.2. The molecule has 0 fully saturated rings. The highest BCUT2D eigenvalue weighted by atomic mass is 32.2. The lowest BCUT2D eigenvalue weighted by molar-refractivity contribution is -0.115. The third-order valence-electron chi connectivity index (χ3n) is 2.83. The van der Waals surface area contributed by atoms with E-state index in [-0.39, 0.29) is 11.2 Å². The van der Waals surface area contributed by atoms with Gasteiger partial charge >= 0.3 is 0 Å². The number of thioether (sulfide) groups is 2. The highest BCUT2D eigenvalue weighted by molar-refractivity contribution is 8.39. The molecule has 1 heterocycles. The smallest absolute Gasteiger partial charge is 0.238 e. The van der Waals surface area contributed by atoms with Crippen LogP contribution in [0.4, 0.5) is 5.69 Å². The molecule has 108 valence electrons. The van der Waals surface area contributed by atoms with Crippen molar-refractivity contribution < 1.29 is 9.53 Å². The summed E-state index contributed by atoms with van der Waals surface area (Å²) in [5.74, 6) is 1.69. The summed E-state index contributed by atoms with van der Waals surface area (Å²) in [6, 6.07) is 7.43. The maximum atomic E-state index is 12.3.